The van der Waals surface area contributed by atoms with Crippen molar-refractivity contribution >= 4 is 5.97 Å². The van der Waals surface area contributed by atoms with E-state index in [0.29, 0.717) is 18.3 Å². The van der Waals surface area contributed by atoms with Gasteiger partial charge in [-0.1, -0.05) is 94.4 Å². The van der Waals surface area contributed by atoms with E-state index in [0.717, 1.165) is 12.8 Å². The average molecular weight is 359 g/mol. The van der Waals surface area contributed by atoms with Gasteiger partial charge >= 0.3 is 5.97 Å². The van der Waals surface area contributed by atoms with Crippen LogP contribution in [0.1, 0.15) is 72.1 Å². The Balaban J connectivity index is 3.85. The highest BCUT2D eigenvalue weighted by molar-refractivity contribution is 5.66. The van der Waals surface area contributed by atoms with Crippen LogP contribution in [-0.2, 0) is 4.79 Å². The molecule has 0 saturated carbocycles. The maximum absolute atomic E-state index is 10.4. The van der Waals surface area contributed by atoms with Crippen molar-refractivity contribution < 1.29 is 9.90 Å². The molecule has 0 aromatic heterocycles. The minimum atomic E-state index is -0.748. The van der Waals surface area contributed by atoms with Gasteiger partial charge in [0.2, 0.25) is 0 Å². The van der Waals surface area contributed by atoms with E-state index in [4.69, 9.17) is 5.11 Å². The first kappa shape index (κ1) is 24.2. The van der Waals surface area contributed by atoms with E-state index in [-0.39, 0.29) is 6.42 Å². The monoisotopic (exact) mass is 358 g/mol. The Hall–Kier alpha value is -1.83. The van der Waals surface area contributed by atoms with Gasteiger partial charge in [0.15, 0.2) is 0 Å². The number of hydrogen-bond acceptors (Lipinski definition) is 1. The van der Waals surface area contributed by atoms with Gasteiger partial charge in [0.25, 0.3) is 0 Å². The molecule has 0 aromatic carbocycles. The summed E-state index contributed by atoms with van der Waals surface area (Å²) in [6.07, 6.45) is 29.4. The summed E-state index contributed by atoms with van der Waals surface area (Å²) in [5.41, 5.74) is 0. The molecule has 2 heteroatoms. The summed E-state index contributed by atoms with van der Waals surface area (Å²) in [4.78, 5) is 10.4. The largest absolute Gasteiger partial charge is 0.481 e. The SMILES string of the molecule is CCCCC/C=C\CC(C)/C=C\C=C/CC(C)/C=C/C=C\CCC(=O)O. The molecule has 2 nitrogen and oxygen atoms in total. The quantitative estimate of drug-likeness (QED) is 0.190. The van der Waals surface area contributed by atoms with Crippen molar-refractivity contribution in [3.05, 3.63) is 60.8 Å². The Labute approximate surface area is 161 Å². The Morgan fingerprint density at radius 1 is 0.808 bits per heavy atom. The minimum absolute atomic E-state index is 0.196. The van der Waals surface area contributed by atoms with Crippen LogP contribution >= 0.6 is 0 Å². The molecule has 0 radical (unpaired) electrons. The molecule has 0 fully saturated rings. The van der Waals surface area contributed by atoms with Gasteiger partial charge in [0.05, 0.1) is 0 Å². The molecule has 0 aliphatic rings. The Morgan fingerprint density at radius 2 is 1.42 bits per heavy atom. The highest BCUT2D eigenvalue weighted by atomic mass is 16.4. The van der Waals surface area contributed by atoms with E-state index in [2.05, 4.69) is 63.3 Å². The van der Waals surface area contributed by atoms with E-state index in [1.807, 2.05) is 18.2 Å². The Kier molecular flexibility index (Phi) is 16.7. The first-order chi connectivity index (χ1) is 12.6. The zero-order valence-corrected chi connectivity index (χ0v) is 16.9. The fraction of sp³-hybridized carbons (Fsp3) is 0.542. The lowest BCUT2D eigenvalue weighted by Crippen LogP contribution is -1.91. The summed E-state index contributed by atoms with van der Waals surface area (Å²) >= 11 is 0. The van der Waals surface area contributed by atoms with Crippen molar-refractivity contribution in [2.75, 3.05) is 0 Å². The zero-order valence-electron chi connectivity index (χ0n) is 16.9. The predicted octanol–water partition coefficient (Wildman–Crippen LogP) is 7.26. The molecule has 0 saturated heterocycles. The second-order valence-corrected chi connectivity index (χ2v) is 6.95. The molecule has 0 bridgehead atoms. The van der Waals surface area contributed by atoms with Crippen LogP contribution in [0.5, 0.6) is 0 Å². The molecule has 146 valence electrons. The molecular formula is C24H38O2. The van der Waals surface area contributed by atoms with Crippen molar-refractivity contribution in [1.82, 2.24) is 0 Å². The number of carboxylic acids is 1. The molecule has 0 rings (SSSR count). The van der Waals surface area contributed by atoms with E-state index in [1.165, 1.54) is 25.7 Å². The Bertz CT molecular complexity index is 480. The maximum atomic E-state index is 10.4. The number of carboxylic acid groups (broad SMARTS) is 1. The molecular weight excluding hydrogens is 320 g/mol. The lowest BCUT2D eigenvalue weighted by atomic mass is 10.1. The highest BCUT2D eigenvalue weighted by Gasteiger charge is 1.93. The molecule has 0 heterocycles. The summed E-state index contributed by atoms with van der Waals surface area (Å²) in [5, 5.41) is 8.55. The van der Waals surface area contributed by atoms with Gasteiger partial charge < -0.3 is 5.11 Å². The van der Waals surface area contributed by atoms with Gasteiger partial charge in [-0.15, -0.1) is 0 Å². The molecule has 0 spiro atoms. The molecule has 0 aromatic rings. The molecule has 0 amide bonds. The van der Waals surface area contributed by atoms with Gasteiger partial charge in [-0.25, -0.2) is 0 Å². The van der Waals surface area contributed by atoms with Gasteiger partial charge in [0, 0.05) is 6.42 Å². The van der Waals surface area contributed by atoms with E-state index >= 15 is 0 Å². The van der Waals surface area contributed by atoms with Gasteiger partial charge in [-0.05, 0) is 43.9 Å². The molecule has 2 atom stereocenters. The van der Waals surface area contributed by atoms with Crippen LogP contribution in [0.25, 0.3) is 0 Å². The standard InChI is InChI=1S/C24H38O2/c1-4-5-6-7-8-12-17-22(2)19-14-11-15-20-23(3)18-13-9-10-16-21-24(25)26/h8-15,18-19,22-23H,4-7,16-17,20-21H2,1-3H3,(H,25,26)/b10-9-,12-8-,15-11-,18-13+,19-14-. The predicted molar refractivity (Wildman–Crippen MR) is 114 cm³/mol. The second-order valence-electron chi connectivity index (χ2n) is 6.95. The first-order valence-corrected chi connectivity index (χ1v) is 10.1. The zero-order chi connectivity index (χ0) is 19.5. The van der Waals surface area contributed by atoms with E-state index < -0.39 is 5.97 Å². The van der Waals surface area contributed by atoms with Crippen molar-refractivity contribution in [2.24, 2.45) is 11.8 Å². The number of allylic oxidation sites excluding steroid dienone is 10. The molecule has 1 N–H and O–H groups in total. The van der Waals surface area contributed by atoms with Gasteiger partial charge in [0.1, 0.15) is 0 Å². The fourth-order valence-corrected chi connectivity index (χ4v) is 2.36. The van der Waals surface area contributed by atoms with Crippen LogP contribution in [0.3, 0.4) is 0 Å². The van der Waals surface area contributed by atoms with E-state index in [9.17, 15) is 4.79 Å². The topological polar surface area (TPSA) is 37.3 Å². The molecule has 2 unspecified atom stereocenters. The van der Waals surface area contributed by atoms with Gasteiger partial charge in [-0.3, -0.25) is 4.79 Å². The number of carbonyl (C=O) groups is 1. The third-order valence-electron chi connectivity index (χ3n) is 4.06. The molecule has 26 heavy (non-hydrogen) atoms. The van der Waals surface area contributed by atoms with Crippen LogP contribution in [0.15, 0.2) is 60.8 Å². The van der Waals surface area contributed by atoms with E-state index in [1.54, 1.807) is 0 Å². The van der Waals surface area contributed by atoms with Gasteiger partial charge in [-0.2, -0.15) is 0 Å². The van der Waals surface area contributed by atoms with Crippen LogP contribution in [0.2, 0.25) is 0 Å². The second kappa shape index (κ2) is 18.0. The summed E-state index contributed by atoms with van der Waals surface area (Å²) in [6, 6.07) is 0. The summed E-state index contributed by atoms with van der Waals surface area (Å²) < 4.78 is 0. The molecule has 0 aliphatic heterocycles. The fourth-order valence-electron chi connectivity index (χ4n) is 2.36. The first-order valence-electron chi connectivity index (χ1n) is 10.1. The van der Waals surface area contributed by atoms with Crippen LogP contribution in [-0.4, -0.2) is 11.1 Å². The Morgan fingerprint density at radius 3 is 2.04 bits per heavy atom. The van der Waals surface area contributed by atoms with Crippen molar-refractivity contribution in [3.63, 3.8) is 0 Å². The van der Waals surface area contributed by atoms with Crippen molar-refractivity contribution in [3.8, 4) is 0 Å². The third-order valence-corrected chi connectivity index (χ3v) is 4.06. The minimum Gasteiger partial charge on any atom is -0.481 e. The molecule has 0 aliphatic carbocycles. The maximum Gasteiger partial charge on any atom is 0.303 e. The smallest absolute Gasteiger partial charge is 0.303 e. The number of aliphatic carboxylic acids is 1. The summed E-state index contributed by atoms with van der Waals surface area (Å²) in [5.74, 6) is 0.310. The summed E-state index contributed by atoms with van der Waals surface area (Å²) in [7, 11) is 0. The van der Waals surface area contributed by atoms with Crippen LogP contribution in [0, 0.1) is 11.8 Å². The van der Waals surface area contributed by atoms with Crippen LogP contribution in [0.4, 0.5) is 0 Å². The summed E-state index contributed by atoms with van der Waals surface area (Å²) in [6.45, 7) is 6.67. The van der Waals surface area contributed by atoms with Crippen LogP contribution < -0.4 is 0 Å². The van der Waals surface area contributed by atoms with Crippen molar-refractivity contribution in [2.45, 2.75) is 72.1 Å². The van der Waals surface area contributed by atoms with Crippen molar-refractivity contribution in [1.29, 1.82) is 0 Å². The number of rotatable bonds is 15. The average Bonchev–Trinajstić information content (AvgIpc) is 2.60. The third kappa shape index (κ3) is 18.5. The highest BCUT2D eigenvalue weighted by Crippen LogP contribution is 2.08. The lowest BCUT2D eigenvalue weighted by Gasteiger charge is -2.01. The normalized spacial score (nSPS) is 15.2. The number of unbranched alkanes of at least 4 members (excludes halogenated alkanes) is 3. The lowest BCUT2D eigenvalue weighted by molar-refractivity contribution is -0.136. The number of hydrogen-bond donors (Lipinski definition) is 1.